The topological polar surface area (TPSA) is 89.8 Å². The van der Waals surface area contributed by atoms with Crippen LogP contribution in [0.2, 0.25) is 10.2 Å². The summed E-state index contributed by atoms with van der Waals surface area (Å²) in [5.41, 5.74) is 7.67. The maximum absolute atomic E-state index is 14.7. The van der Waals surface area contributed by atoms with Crippen molar-refractivity contribution in [2.75, 3.05) is 12.3 Å². The zero-order valence-corrected chi connectivity index (χ0v) is 18.7. The van der Waals surface area contributed by atoms with Crippen molar-refractivity contribution < 1.29 is 9.50 Å². The monoisotopic (exact) mass is 473 g/mol. The number of hydrogen-bond acceptors (Lipinski definition) is 5. The molecule has 0 saturated heterocycles. The number of hydrogen-bond donors (Lipinski definition) is 2. The zero-order chi connectivity index (χ0) is 22.5. The number of aryl methyl sites for hydroxylation is 1. The summed E-state index contributed by atoms with van der Waals surface area (Å²) in [6, 6.07) is 7.02. The fourth-order valence-electron chi connectivity index (χ4n) is 4.93. The molecule has 6 nitrogen and oxygen atoms in total. The van der Waals surface area contributed by atoms with Crippen molar-refractivity contribution in [3.63, 3.8) is 0 Å². The van der Waals surface area contributed by atoms with Gasteiger partial charge in [0.15, 0.2) is 0 Å². The van der Waals surface area contributed by atoms with Crippen LogP contribution >= 0.6 is 23.2 Å². The standard InChI is InChI=1S/C23H22Cl2FN5O/c24-17-9-16-18(26)7-13(8-19(16)30-21(17)27)1-4-23(11-32)5-2-14(10-23)31-6-3-15-20(25)28-12-29-22(15)31/h3,6-9,12,14,32H,1-2,4-5,10-11H2,(H2,27,30)/t14?,23-/m0/s1. The van der Waals surface area contributed by atoms with Gasteiger partial charge in [-0.25, -0.2) is 19.3 Å². The van der Waals surface area contributed by atoms with E-state index in [1.807, 2.05) is 18.3 Å². The quantitative estimate of drug-likeness (QED) is 0.381. The summed E-state index contributed by atoms with van der Waals surface area (Å²) in [5, 5.41) is 12.1. The Balaban J connectivity index is 1.37. The van der Waals surface area contributed by atoms with Gasteiger partial charge in [-0.2, -0.15) is 0 Å². The van der Waals surface area contributed by atoms with Crippen molar-refractivity contribution in [3.8, 4) is 0 Å². The summed E-state index contributed by atoms with van der Waals surface area (Å²) in [4.78, 5) is 12.7. The number of halogens is 3. The number of aliphatic hydroxyl groups excluding tert-OH is 1. The van der Waals surface area contributed by atoms with Gasteiger partial charge in [-0.15, -0.1) is 0 Å². The molecule has 0 aliphatic heterocycles. The molecule has 1 aromatic carbocycles. The first-order chi connectivity index (χ1) is 15.4. The highest BCUT2D eigenvalue weighted by Gasteiger charge is 2.39. The Morgan fingerprint density at radius 3 is 2.88 bits per heavy atom. The summed E-state index contributed by atoms with van der Waals surface area (Å²) < 4.78 is 16.8. The van der Waals surface area contributed by atoms with Crippen LogP contribution in [0.4, 0.5) is 10.2 Å². The van der Waals surface area contributed by atoms with Crippen LogP contribution in [0.15, 0.2) is 36.8 Å². The molecule has 3 heterocycles. The fourth-order valence-corrected chi connectivity index (χ4v) is 5.27. The summed E-state index contributed by atoms with van der Waals surface area (Å²) >= 11 is 12.2. The van der Waals surface area contributed by atoms with E-state index in [-0.39, 0.29) is 34.7 Å². The molecule has 3 aromatic heterocycles. The molecule has 1 fully saturated rings. The SMILES string of the molecule is Nc1nc2cc(CC[C@]3(CO)CCC(n4ccc5c(Cl)ncnc54)C3)cc(F)c2cc1Cl. The number of anilines is 1. The molecule has 0 spiro atoms. The predicted octanol–water partition coefficient (Wildman–Crippen LogP) is 5.34. The normalized spacial score (nSPS) is 21.1. The van der Waals surface area contributed by atoms with Crippen LogP contribution < -0.4 is 5.73 Å². The van der Waals surface area contributed by atoms with Crippen LogP contribution in [0.25, 0.3) is 21.9 Å². The van der Waals surface area contributed by atoms with E-state index < -0.39 is 0 Å². The highest BCUT2D eigenvalue weighted by Crippen LogP contribution is 2.48. The number of pyridine rings is 1. The smallest absolute Gasteiger partial charge is 0.145 e. The first-order valence-corrected chi connectivity index (χ1v) is 11.3. The minimum atomic E-state index is -0.371. The molecule has 3 N–H and O–H groups in total. The Labute approximate surface area is 194 Å². The molecular weight excluding hydrogens is 452 g/mol. The molecule has 32 heavy (non-hydrogen) atoms. The minimum Gasteiger partial charge on any atom is -0.396 e. The molecule has 5 rings (SSSR count). The number of nitrogen functional groups attached to an aromatic ring is 1. The average molecular weight is 474 g/mol. The van der Waals surface area contributed by atoms with Crippen LogP contribution in [0.1, 0.15) is 37.3 Å². The lowest BCUT2D eigenvalue weighted by atomic mass is 9.81. The first-order valence-electron chi connectivity index (χ1n) is 10.5. The van der Waals surface area contributed by atoms with Crippen LogP contribution in [0.3, 0.4) is 0 Å². The molecule has 1 saturated carbocycles. The Hall–Kier alpha value is -2.48. The summed E-state index contributed by atoms with van der Waals surface area (Å²) in [6.07, 6.45) is 7.44. The fraction of sp³-hybridized carbons (Fsp3) is 0.348. The van der Waals surface area contributed by atoms with Crippen LogP contribution in [0, 0.1) is 11.2 Å². The number of nitrogens with two attached hydrogens (primary N) is 1. The molecule has 4 aromatic rings. The molecule has 2 atom stereocenters. The second-order valence-electron chi connectivity index (χ2n) is 8.68. The van der Waals surface area contributed by atoms with Crippen LogP contribution in [-0.2, 0) is 6.42 Å². The number of rotatable bonds is 5. The molecule has 9 heteroatoms. The van der Waals surface area contributed by atoms with E-state index in [1.54, 1.807) is 0 Å². The molecule has 0 radical (unpaired) electrons. The van der Waals surface area contributed by atoms with Crippen LogP contribution in [0.5, 0.6) is 0 Å². The van der Waals surface area contributed by atoms with Crippen molar-refractivity contribution in [3.05, 3.63) is 58.3 Å². The molecule has 0 bridgehead atoms. The van der Waals surface area contributed by atoms with E-state index in [1.165, 1.54) is 18.5 Å². The molecule has 0 amide bonds. The Morgan fingerprint density at radius 2 is 2.06 bits per heavy atom. The minimum absolute atomic E-state index is 0.0787. The molecule has 1 unspecified atom stereocenters. The van der Waals surface area contributed by atoms with Gasteiger partial charge in [-0.05, 0) is 67.3 Å². The van der Waals surface area contributed by atoms with Crippen molar-refractivity contribution in [2.24, 2.45) is 5.41 Å². The van der Waals surface area contributed by atoms with Gasteiger partial charge in [0.2, 0.25) is 0 Å². The lowest BCUT2D eigenvalue weighted by Gasteiger charge is -2.27. The van der Waals surface area contributed by atoms with Gasteiger partial charge in [0.05, 0.1) is 15.9 Å². The van der Waals surface area contributed by atoms with Crippen molar-refractivity contribution in [2.45, 2.75) is 38.1 Å². The van der Waals surface area contributed by atoms with Gasteiger partial charge in [-0.1, -0.05) is 23.2 Å². The Bertz CT molecular complexity index is 1330. The van der Waals surface area contributed by atoms with E-state index in [2.05, 4.69) is 19.5 Å². The third kappa shape index (κ3) is 3.68. The number of fused-ring (bicyclic) bond motifs is 2. The first kappa shape index (κ1) is 21.4. The second kappa shape index (κ2) is 8.14. The van der Waals surface area contributed by atoms with E-state index in [4.69, 9.17) is 28.9 Å². The number of aliphatic hydroxyl groups is 1. The van der Waals surface area contributed by atoms with Gasteiger partial charge in [-0.3, -0.25) is 0 Å². The van der Waals surface area contributed by atoms with Gasteiger partial charge < -0.3 is 15.4 Å². The Morgan fingerprint density at radius 1 is 1.22 bits per heavy atom. The van der Waals surface area contributed by atoms with Crippen LogP contribution in [-0.4, -0.2) is 31.2 Å². The molecule has 1 aliphatic carbocycles. The molecule has 166 valence electrons. The van der Waals surface area contributed by atoms with Crippen molar-refractivity contribution >= 4 is 51.0 Å². The largest absolute Gasteiger partial charge is 0.396 e. The maximum atomic E-state index is 14.7. The third-order valence-corrected chi connectivity index (χ3v) is 7.34. The highest BCUT2D eigenvalue weighted by molar-refractivity contribution is 6.34. The third-order valence-electron chi connectivity index (χ3n) is 6.73. The lowest BCUT2D eigenvalue weighted by Crippen LogP contribution is -2.23. The Kier molecular flexibility index (Phi) is 5.43. The van der Waals surface area contributed by atoms with Crippen molar-refractivity contribution in [1.29, 1.82) is 0 Å². The average Bonchev–Trinajstić information content (AvgIpc) is 3.39. The number of aromatic nitrogens is 4. The number of benzene rings is 1. The van der Waals surface area contributed by atoms with Gasteiger partial charge in [0, 0.05) is 24.2 Å². The second-order valence-corrected chi connectivity index (χ2v) is 9.44. The lowest BCUT2D eigenvalue weighted by molar-refractivity contribution is 0.117. The van der Waals surface area contributed by atoms with Gasteiger partial charge in [0.25, 0.3) is 0 Å². The summed E-state index contributed by atoms with van der Waals surface area (Å²) in [7, 11) is 0. The predicted molar refractivity (Wildman–Crippen MR) is 124 cm³/mol. The van der Waals surface area contributed by atoms with E-state index >= 15 is 0 Å². The maximum Gasteiger partial charge on any atom is 0.145 e. The van der Waals surface area contributed by atoms with Crippen molar-refractivity contribution in [1.82, 2.24) is 19.5 Å². The van der Waals surface area contributed by atoms with E-state index in [9.17, 15) is 9.50 Å². The number of nitrogens with zero attached hydrogens (tertiary/aromatic N) is 4. The molecular formula is C23H22Cl2FN5O. The van der Waals surface area contributed by atoms with Gasteiger partial charge in [0.1, 0.15) is 28.8 Å². The van der Waals surface area contributed by atoms with Gasteiger partial charge >= 0.3 is 0 Å². The highest BCUT2D eigenvalue weighted by atomic mass is 35.5. The molecule has 1 aliphatic rings. The summed E-state index contributed by atoms with van der Waals surface area (Å²) in [6.45, 7) is 0.0787. The zero-order valence-electron chi connectivity index (χ0n) is 17.2. The van der Waals surface area contributed by atoms with E-state index in [0.717, 1.165) is 42.3 Å². The summed E-state index contributed by atoms with van der Waals surface area (Å²) in [5.74, 6) is -0.186. The van der Waals surface area contributed by atoms with E-state index in [0.29, 0.717) is 22.5 Å².